The summed E-state index contributed by atoms with van der Waals surface area (Å²) < 4.78 is 2.10. The number of anilines is 1. The normalized spacial score (nSPS) is 17.8. The van der Waals surface area contributed by atoms with Crippen molar-refractivity contribution < 1.29 is 9.59 Å². The molecule has 0 radical (unpaired) electrons. The smallest absolute Gasteiger partial charge is 0.234 e. The number of thioether (sulfide) groups is 1. The lowest BCUT2D eigenvalue weighted by Gasteiger charge is -2.17. The molecule has 9 heteroatoms. The van der Waals surface area contributed by atoms with E-state index in [-0.39, 0.29) is 17.4 Å². The van der Waals surface area contributed by atoms with Gasteiger partial charge in [-0.15, -0.1) is 21.5 Å². The van der Waals surface area contributed by atoms with Crippen LogP contribution in [0.4, 0.5) is 5.69 Å². The quantitative estimate of drug-likeness (QED) is 0.292. The molecule has 1 amide bonds. The molecule has 2 aliphatic carbocycles. The number of aromatic nitrogens is 4. The fourth-order valence-electron chi connectivity index (χ4n) is 4.69. The van der Waals surface area contributed by atoms with E-state index in [9.17, 15) is 9.59 Å². The van der Waals surface area contributed by atoms with Crippen molar-refractivity contribution in [3.05, 3.63) is 46.1 Å². The molecule has 34 heavy (non-hydrogen) atoms. The zero-order valence-corrected chi connectivity index (χ0v) is 20.8. The lowest BCUT2D eigenvalue weighted by Crippen LogP contribution is -2.15. The van der Waals surface area contributed by atoms with Gasteiger partial charge in [-0.25, -0.2) is 4.98 Å². The molecule has 0 spiro atoms. The van der Waals surface area contributed by atoms with Crippen LogP contribution in [0.25, 0.3) is 15.9 Å². The number of nitrogens with zero attached hydrogens (tertiary/aromatic N) is 4. The number of thiophene rings is 1. The second kappa shape index (κ2) is 8.46. The fourth-order valence-corrected chi connectivity index (χ4v) is 6.81. The Balaban J connectivity index is 1.30. The van der Waals surface area contributed by atoms with Crippen LogP contribution in [-0.4, -0.2) is 37.0 Å². The van der Waals surface area contributed by atoms with Gasteiger partial charge in [0.25, 0.3) is 0 Å². The third-order valence-electron chi connectivity index (χ3n) is 6.62. The second-order valence-electron chi connectivity index (χ2n) is 9.39. The average molecular weight is 492 g/mol. The number of Topliss-reactive ketones (excluding diaryl/α,β-unsaturated/α-hetero) is 1. The van der Waals surface area contributed by atoms with Gasteiger partial charge in [-0.05, 0) is 62.6 Å². The standard InChI is InChI=1S/C25H25N5O2S2/c1-13-6-9-18-19(10-13)34-24-21(18)23-28-29-25(30(23)22(27-24)15-7-8-15)33-12-20(32)26-17-5-3-4-16(11-17)14(2)31/h3-5,11,13,15H,6-10,12H2,1-2H3,(H,26,32). The first-order valence-corrected chi connectivity index (χ1v) is 13.5. The van der Waals surface area contributed by atoms with Gasteiger partial charge in [-0.1, -0.05) is 30.8 Å². The van der Waals surface area contributed by atoms with Crippen LogP contribution in [0.15, 0.2) is 29.4 Å². The minimum atomic E-state index is -0.147. The van der Waals surface area contributed by atoms with Crippen LogP contribution in [0.1, 0.15) is 65.7 Å². The predicted octanol–water partition coefficient (Wildman–Crippen LogP) is 5.27. The first-order valence-electron chi connectivity index (χ1n) is 11.7. The average Bonchev–Trinajstić information content (AvgIpc) is 3.47. The number of carbonyl (C=O) groups is 2. The van der Waals surface area contributed by atoms with Crippen molar-refractivity contribution >= 4 is 56.3 Å². The maximum absolute atomic E-state index is 12.7. The van der Waals surface area contributed by atoms with Gasteiger partial charge >= 0.3 is 0 Å². The van der Waals surface area contributed by atoms with Crippen LogP contribution < -0.4 is 5.32 Å². The van der Waals surface area contributed by atoms with E-state index in [1.165, 1.54) is 35.5 Å². The van der Waals surface area contributed by atoms with Crippen LogP contribution in [0.5, 0.6) is 0 Å². The molecule has 174 valence electrons. The van der Waals surface area contributed by atoms with Gasteiger partial charge in [0.15, 0.2) is 16.6 Å². The number of ketones is 1. The van der Waals surface area contributed by atoms with Crippen molar-refractivity contribution in [2.24, 2.45) is 5.92 Å². The van der Waals surface area contributed by atoms with E-state index in [0.29, 0.717) is 28.2 Å². The number of rotatable bonds is 6. The molecule has 1 N–H and O–H groups in total. The van der Waals surface area contributed by atoms with E-state index in [1.807, 2.05) is 11.3 Å². The molecule has 6 rings (SSSR count). The van der Waals surface area contributed by atoms with Gasteiger partial charge in [-0.2, -0.15) is 0 Å². The van der Waals surface area contributed by atoms with Gasteiger partial charge in [-0.3, -0.25) is 14.0 Å². The number of fused-ring (bicyclic) bond motifs is 5. The van der Waals surface area contributed by atoms with Crippen LogP contribution in [0.3, 0.4) is 0 Å². The van der Waals surface area contributed by atoms with Crippen LogP contribution in [0.2, 0.25) is 0 Å². The summed E-state index contributed by atoms with van der Waals surface area (Å²) >= 11 is 3.20. The molecule has 0 bridgehead atoms. The highest BCUT2D eigenvalue weighted by Crippen LogP contribution is 2.44. The monoisotopic (exact) mass is 491 g/mol. The minimum Gasteiger partial charge on any atom is -0.325 e. The van der Waals surface area contributed by atoms with Crippen molar-refractivity contribution in [3.63, 3.8) is 0 Å². The molecule has 2 aliphatic rings. The van der Waals surface area contributed by atoms with E-state index in [4.69, 9.17) is 4.98 Å². The molecule has 1 unspecified atom stereocenters. The molecule has 3 heterocycles. The molecular formula is C25H25N5O2S2. The Hall–Kier alpha value is -2.78. The number of benzene rings is 1. The summed E-state index contributed by atoms with van der Waals surface area (Å²) in [6, 6.07) is 7.00. The van der Waals surface area contributed by atoms with Crippen molar-refractivity contribution in [2.45, 2.75) is 57.0 Å². The fraction of sp³-hybridized carbons (Fsp3) is 0.400. The number of nitrogens with one attached hydrogen (secondary N) is 1. The Morgan fingerprint density at radius 2 is 2.09 bits per heavy atom. The number of hydrogen-bond acceptors (Lipinski definition) is 7. The van der Waals surface area contributed by atoms with Gasteiger partial charge in [0.1, 0.15) is 10.7 Å². The predicted molar refractivity (Wildman–Crippen MR) is 135 cm³/mol. The molecule has 1 atom stereocenters. The number of hydrogen-bond donors (Lipinski definition) is 1. The van der Waals surface area contributed by atoms with Gasteiger partial charge < -0.3 is 5.32 Å². The Morgan fingerprint density at radius 3 is 2.88 bits per heavy atom. The molecule has 1 saturated carbocycles. The van der Waals surface area contributed by atoms with E-state index in [2.05, 4.69) is 26.8 Å². The molecule has 1 fully saturated rings. The molecule has 0 saturated heterocycles. The first-order chi connectivity index (χ1) is 16.5. The summed E-state index contributed by atoms with van der Waals surface area (Å²) in [6.45, 7) is 3.83. The summed E-state index contributed by atoms with van der Waals surface area (Å²) in [4.78, 5) is 31.9. The van der Waals surface area contributed by atoms with Gasteiger partial charge in [0.2, 0.25) is 5.91 Å². The second-order valence-corrected chi connectivity index (χ2v) is 11.4. The van der Waals surface area contributed by atoms with Crippen LogP contribution in [-0.2, 0) is 17.6 Å². The maximum atomic E-state index is 12.7. The lowest BCUT2D eigenvalue weighted by molar-refractivity contribution is -0.113. The van der Waals surface area contributed by atoms with E-state index >= 15 is 0 Å². The Morgan fingerprint density at radius 1 is 1.24 bits per heavy atom. The minimum absolute atomic E-state index is 0.0306. The summed E-state index contributed by atoms with van der Waals surface area (Å²) in [5, 5.41) is 13.8. The van der Waals surface area contributed by atoms with E-state index in [1.54, 1.807) is 24.3 Å². The highest BCUT2D eigenvalue weighted by molar-refractivity contribution is 7.99. The van der Waals surface area contributed by atoms with Crippen LogP contribution in [0, 0.1) is 5.92 Å². The first kappa shape index (κ1) is 21.7. The summed E-state index contributed by atoms with van der Waals surface area (Å²) in [5.74, 6) is 2.19. The summed E-state index contributed by atoms with van der Waals surface area (Å²) in [5.41, 5.74) is 3.47. The lowest BCUT2D eigenvalue weighted by atomic mass is 9.89. The number of carbonyl (C=O) groups excluding carboxylic acids is 2. The molecule has 3 aromatic heterocycles. The number of amides is 1. The Labute approximate surface area is 205 Å². The van der Waals surface area contributed by atoms with E-state index in [0.717, 1.165) is 47.4 Å². The van der Waals surface area contributed by atoms with Crippen molar-refractivity contribution in [1.29, 1.82) is 0 Å². The Kier molecular flexibility index (Phi) is 5.41. The molecule has 1 aromatic carbocycles. The van der Waals surface area contributed by atoms with Crippen molar-refractivity contribution in [3.8, 4) is 0 Å². The highest BCUT2D eigenvalue weighted by Gasteiger charge is 2.32. The molecular weight excluding hydrogens is 466 g/mol. The maximum Gasteiger partial charge on any atom is 0.234 e. The van der Waals surface area contributed by atoms with Crippen molar-refractivity contribution in [1.82, 2.24) is 19.6 Å². The van der Waals surface area contributed by atoms with Crippen molar-refractivity contribution in [2.75, 3.05) is 11.1 Å². The largest absolute Gasteiger partial charge is 0.325 e. The zero-order valence-electron chi connectivity index (χ0n) is 19.1. The summed E-state index contributed by atoms with van der Waals surface area (Å²) in [7, 11) is 0. The number of aryl methyl sites for hydroxylation is 1. The van der Waals surface area contributed by atoms with Gasteiger partial charge in [0.05, 0.1) is 11.1 Å². The molecule has 7 nitrogen and oxygen atoms in total. The van der Waals surface area contributed by atoms with Crippen LogP contribution >= 0.6 is 23.1 Å². The van der Waals surface area contributed by atoms with Gasteiger partial charge in [0, 0.05) is 22.0 Å². The van der Waals surface area contributed by atoms with E-state index < -0.39 is 0 Å². The Bertz CT molecular complexity index is 1450. The topological polar surface area (TPSA) is 89.2 Å². The SMILES string of the molecule is CC(=O)c1cccc(NC(=O)CSc2nnc3c4c5c(sc4nc(C4CC4)n23)CC(C)CC5)c1. The molecule has 4 aromatic rings. The highest BCUT2D eigenvalue weighted by atomic mass is 32.2. The third kappa shape index (κ3) is 3.90. The third-order valence-corrected chi connectivity index (χ3v) is 8.70. The summed E-state index contributed by atoms with van der Waals surface area (Å²) in [6.07, 6.45) is 5.63. The zero-order chi connectivity index (χ0) is 23.4. The molecule has 0 aliphatic heterocycles.